The lowest BCUT2D eigenvalue weighted by Gasteiger charge is -2.05. The average molecular weight is 303 g/mol. The number of benzene rings is 2. The van der Waals surface area contributed by atoms with Crippen molar-refractivity contribution in [1.82, 2.24) is 10.2 Å². The summed E-state index contributed by atoms with van der Waals surface area (Å²) in [5, 5.41) is 11.1. The molecule has 0 unspecified atom stereocenters. The highest BCUT2D eigenvalue weighted by atomic mass is 16.1. The third-order valence-electron chi connectivity index (χ3n) is 4.26. The normalized spacial score (nSPS) is 13.6. The fourth-order valence-electron chi connectivity index (χ4n) is 3.10. The van der Waals surface area contributed by atoms with Crippen LogP contribution in [0.2, 0.25) is 0 Å². The van der Waals surface area contributed by atoms with Crippen LogP contribution in [0.4, 0.5) is 5.69 Å². The van der Waals surface area contributed by atoms with Crippen molar-refractivity contribution in [1.29, 1.82) is 0 Å². The molecule has 0 radical (unpaired) electrons. The number of rotatable bonds is 3. The molecule has 0 bridgehead atoms. The van der Waals surface area contributed by atoms with Gasteiger partial charge < -0.3 is 5.32 Å². The molecule has 0 aliphatic heterocycles. The van der Waals surface area contributed by atoms with Crippen molar-refractivity contribution in [2.24, 2.45) is 0 Å². The summed E-state index contributed by atoms with van der Waals surface area (Å²) in [6, 6.07) is 14.0. The SMILES string of the molecule is O=C(/C=C/c1n[nH]c2ccccc12)Nc1ccc2c(c1)CCC2. The van der Waals surface area contributed by atoms with E-state index in [0.717, 1.165) is 35.1 Å². The molecule has 2 N–H and O–H groups in total. The summed E-state index contributed by atoms with van der Waals surface area (Å²) in [7, 11) is 0. The molecule has 0 saturated carbocycles. The topological polar surface area (TPSA) is 57.8 Å². The molecule has 0 atom stereocenters. The maximum atomic E-state index is 12.1. The summed E-state index contributed by atoms with van der Waals surface area (Å²) in [4.78, 5) is 12.1. The van der Waals surface area contributed by atoms with Gasteiger partial charge in [0.05, 0.1) is 11.2 Å². The number of anilines is 1. The first-order valence-corrected chi connectivity index (χ1v) is 7.83. The van der Waals surface area contributed by atoms with E-state index in [2.05, 4.69) is 27.6 Å². The van der Waals surface area contributed by atoms with Gasteiger partial charge in [-0.15, -0.1) is 0 Å². The van der Waals surface area contributed by atoms with Crippen molar-refractivity contribution in [3.05, 3.63) is 65.4 Å². The minimum Gasteiger partial charge on any atom is -0.323 e. The van der Waals surface area contributed by atoms with E-state index in [9.17, 15) is 4.79 Å². The molecule has 0 fully saturated rings. The van der Waals surface area contributed by atoms with Gasteiger partial charge in [0.25, 0.3) is 0 Å². The number of aromatic nitrogens is 2. The van der Waals surface area contributed by atoms with Crippen LogP contribution < -0.4 is 5.32 Å². The molecule has 1 aliphatic carbocycles. The van der Waals surface area contributed by atoms with Crippen molar-refractivity contribution >= 4 is 28.6 Å². The highest BCUT2D eigenvalue weighted by Gasteiger charge is 2.11. The Kier molecular flexibility index (Phi) is 3.42. The van der Waals surface area contributed by atoms with E-state index in [0.29, 0.717) is 0 Å². The third-order valence-corrected chi connectivity index (χ3v) is 4.26. The molecule has 2 aromatic carbocycles. The second-order valence-corrected chi connectivity index (χ2v) is 5.81. The molecule has 1 aromatic heterocycles. The van der Waals surface area contributed by atoms with Crippen LogP contribution in [0.25, 0.3) is 17.0 Å². The zero-order chi connectivity index (χ0) is 15.6. The van der Waals surface area contributed by atoms with Gasteiger partial charge in [0.2, 0.25) is 5.91 Å². The van der Waals surface area contributed by atoms with Crippen LogP contribution in [0.5, 0.6) is 0 Å². The van der Waals surface area contributed by atoms with Gasteiger partial charge in [-0.25, -0.2) is 0 Å². The minimum atomic E-state index is -0.143. The number of carbonyl (C=O) groups excluding carboxylic acids is 1. The van der Waals surface area contributed by atoms with Crippen molar-refractivity contribution in [3.8, 4) is 0 Å². The van der Waals surface area contributed by atoms with E-state index in [1.54, 1.807) is 6.08 Å². The maximum absolute atomic E-state index is 12.1. The van der Waals surface area contributed by atoms with Gasteiger partial charge in [-0.2, -0.15) is 5.10 Å². The fraction of sp³-hybridized carbons (Fsp3) is 0.158. The van der Waals surface area contributed by atoms with E-state index < -0.39 is 0 Å². The lowest BCUT2D eigenvalue weighted by atomic mass is 10.1. The van der Waals surface area contributed by atoms with Crippen LogP contribution in [0.1, 0.15) is 23.2 Å². The van der Waals surface area contributed by atoms with Gasteiger partial charge in [0.15, 0.2) is 0 Å². The number of nitrogens with one attached hydrogen (secondary N) is 2. The van der Waals surface area contributed by atoms with Crippen LogP contribution in [0.3, 0.4) is 0 Å². The molecule has 4 rings (SSSR count). The number of H-pyrrole nitrogens is 1. The molecule has 0 spiro atoms. The Morgan fingerprint density at radius 1 is 1.13 bits per heavy atom. The lowest BCUT2D eigenvalue weighted by Crippen LogP contribution is -2.08. The standard InChI is InChI=1S/C19H17N3O/c23-19(20-15-9-8-13-4-3-5-14(13)12-15)11-10-18-16-6-1-2-7-17(16)21-22-18/h1-2,6-12H,3-5H2,(H,20,23)(H,21,22)/b11-10+. The zero-order valence-electron chi connectivity index (χ0n) is 12.7. The molecule has 3 aromatic rings. The Bertz CT molecular complexity index is 908. The van der Waals surface area contributed by atoms with E-state index in [4.69, 9.17) is 0 Å². The number of carbonyl (C=O) groups is 1. The number of aromatic amines is 1. The summed E-state index contributed by atoms with van der Waals surface area (Å²) in [6.07, 6.45) is 6.72. The highest BCUT2D eigenvalue weighted by molar-refractivity contribution is 6.03. The number of para-hydroxylation sites is 1. The van der Waals surface area contributed by atoms with Crippen molar-refractivity contribution in [2.45, 2.75) is 19.3 Å². The first-order valence-electron chi connectivity index (χ1n) is 7.83. The molecular weight excluding hydrogens is 286 g/mol. The highest BCUT2D eigenvalue weighted by Crippen LogP contribution is 2.25. The lowest BCUT2D eigenvalue weighted by molar-refractivity contribution is -0.111. The van der Waals surface area contributed by atoms with Crippen molar-refractivity contribution in [3.63, 3.8) is 0 Å². The summed E-state index contributed by atoms with van der Waals surface area (Å²) in [6.45, 7) is 0. The number of fused-ring (bicyclic) bond motifs is 2. The third kappa shape index (κ3) is 2.75. The van der Waals surface area contributed by atoms with Crippen LogP contribution in [0, 0.1) is 0 Å². The Balaban J connectivity index is 1.49. The van der Waals surface area contributed by atoms with Gasteiger partial charge in [-0.1, -0.05) is 24.3 Å². The summed E-state index contributed by atoms with van der Waals surface area (Å²) >= 11 is 0. The molecule has 4 heteroatoms. The van der Waals surface area contributed by atoms with Gasteiger partial charge in [0, 0.05) is 17.1 Å². The van der Waals surface area contributed by atoms with Gasteiger partial charge >= 0.3 is 0 Å². The average Bonchev–Trinajstić information content (AvgIpc) is 3.19. The predicted octanol–water partition coefficient (Wildman–Crippen LogP) is 3.70. The van der Waals surface area contributed by atoms with E-state index in [1.807, 2.05) is 30.3 Å². The second kappa shape index (κ2) is 5.72. The summed E-state index contributed by atoms with van der Waals surface area (Å²) in [5.74, 6) is -0.143. The van der Waals surface area contributed by atoms with Crippen LogP contribution in [0.15, 0.2) is 48.5 Å². The molecule has 0 saturated heterocycles. The molecule has 1 amide bonds. The van der Waals surface area contributed by atoms with Crippen LogP contribution in [-0.4, -0.2) is 16.1 Å². The number of amides is 1. The second-order valence-electron chi connectivity index (χ2n) is 5.81. The molecule has 1 aliphatic rings. The maximum Gasteiger partial charge on any atom is 0.248 e. The molecule has 1 heterocycles. The van der Waals surface area contributed by atoms with E-state index in [-0.39, 0.29) is 5.91 Å². The van der Waals surface area contributed by atoms with Crippen LogP contribution in [-0.2, 0) is 17.6 Å². The number of hydrogen-bond donors (Lipinski definition) is 2. The molecule has 114 valence electrons. The minimum absolute atomic E-state index is 0.143. The fourth-order valence-corrected chi connectivity index (χ4v) is 3.10. The van der Waals surface area contributed by atoms with Crippen LogP contribution >= 0.6 is 0 Å². The quantitative estimate of drug-likeness (QED) is 0.725. The van der Waals surface area contributed by atoms with Crippen molar-refractivity contribution < 1.29 is 4.79 Å². The largest absolute Gasteiger partial charge is 0.323 e. The number of nitrogens with zero attached hydrogens (tertiary/aromatic N) is 1. The molecule has 23 heavy (non-hydrogen) atoms. The predicted molar refractivity (Wildman–Crippen MR) is 92.2 cm³/mol. The Morgan fingerprint density at radius 2 is 2.00 bits per heavy atom. The summed E-state index contributed by atoms with van der Waals surface area (Å²) in [5.41, 5.74) is 5.34. The van der Waals surface area contributed by atoms with E-state index >= 15 is 0 Å². The van der Waals surface area contributed by atoms with Gasteiger partial charge in [-0.05, 0) is 54.7 Å². The Hall–Kier alpha value is -2.88. The van der Waals surface area contributed by atoms with E-state index in [1.165, 1.54) is 23.6 Å². The summed E-state index contributed by atoms with van der Waals surface area (Å²) < 4.78 is 0. The van der Waals surface area contributed by atoms with Crippen molar-refractivity contribution in [2.75, 3.05) is 5.32 Å². The Labute approximate surface area is 134 Å². The number of hydrogen-bond acceptors (Lipinski definition) is 2. The molecular formula is C19H17N3O. The first-order chi connectivity index (χ1) is 11.3. The smallest absolute Gasteiger partial charge is 0.248 e. The zero-order valence-corrected chi connectivity index (χ0v) is 12.7. The van der Waals surface area contributed by atoms with Gasteiger partial charge in [0.1, 0.15) is 0 Å². The monoisotopic (exact) mass is 303 g/mol. The molecule has 4 nitrogen and oxygen atoms in total. The Morgan fingerprint density at radius 3 is 2.96 bits per heavy atom. The van der Waals surface area contributed by atoms with Gasteiger partial charge in [-0.3, -0.25) is 9.89 Å². The number of aryl methyl sites for hydroxylation is 2. The first kappa shape index (κ1) is 13.8.